The SMILES string of the molecule is O=C(NC1CCC(C(=O)O)CC1)c1cnn2ccccc12. The third-order valence-electron chi connectivity index (χ3n) is 4.08. The summed E-state index contributed by atoms with van der Waals surface area (Å²) in [6, 6.07) is 5.62. The largest absolute Gasteiger partial charge is 0.481 e. The number of carbonyl (C=O) groups excluding carboxylic acids is 1. The van der Waals surface area contributed by atoms with Crippen molar-refractivity contribution in [2.45, 2.75) is 31.7 Å². The quantitative estimate of drug-likeness (QED) is 0.900. The number of carbonyl (C=O) groups is 2. The van der Waals surface area contributed by atoms with E-state index in [4.69, 9.17) is 5.11 Å². The maximum atomic E-state index is 12.3. The van der Waals surface area contributed by atoms with E-state index in [1.54, 1.807) is 16.9 Å². The van der Waals surface area contributed by atoms with Crippen LogP contribution >= 0.6 is 0 Å². The number of nitrogens with zero attached hydrogens (tertiary/aromatic N) is 2. The Balaban J connectivity index is 1.66. The molecule has 21 heavy (non-hydrogen) atoms. The highest BCUT2D eigenvalue weighted by Crippen LogP contribution is 2.24. The van der Waals surface area contributed by atoms with Gasteiger partial charge in [0, 0.05) is 12.2 Å². The minimum absolute atomic E-state index is 0.0479. The van der Waals surface area contributed by atoms with Crippen LogP contribution in [0.25, 0.3) is 5.52 Å². The molecule has 0 atom stereocenters. The molecule has 0 saturated heterocycles. The molecule has 6 nitrogen and oxygen atoms in total. The molecule has 1 aliphatic carbocycles. The van der Waals surface area contributed by atoms with Crippen LogP contribution in [-0.4, -0.2) is 32.6 Å². The Kier molecular flexibility index (Phi) is 3.60. The first-order valence-electron chi connectivity index (χ1n) is 7.11. The van der Waals surface area contributed by atoms with E-state index in [0.29, 0.717) is 31.2 Å². The van der Waals surface area contributed by atoms with Crippen LogP contribution < -0.4 is 5.32 Å². The fraction of sp³-hybridized carbons (Fsp3) is 0.400. The maximum Gasteiger partial charge on any atom is 0.306 e. The molecular formula is C15H17N3O3. The summed E-state index contributed by atoms with van der Waals surface area (Å²) in [4.78, 5) is 23.2. The third kappa shape index (κ3) is 2.74. The number of rotatable bonds is 3. The molecule has 110 valence electrons. The molecule has 1 saturated carbocycles. The molecule has 2 N–H and O–H groups in total. The van der Waals surface area contributed by atoms with Gasteiger partial charge in [-0.05, 0) is 37.8 Å². The lowest BCUT2D eigenvalue weighted by Gasteiger charge is -2.26. The maximum absolute atomic E-state index is 12.3. The molecule has 1 aliphatic rings. The molecule has 1 fully saturated rings. The molecule has 0 aromatic carbocycles. The number of hydrogen-bond donors (Lipinski definition) is 2. The van der Waals surface area contributed by atoms with E-state index in [-0.39, 0.29) is 17.9 Å². The van der Waals surface area contributed by atoms with Crippen LogP contribution in [0, 0.1) is 5.92 Å². The molecule has 1 amide bonds. The van der Waals surface area contributed by atoms with Crippen molar-refractivity contribution < 1.29 is 14.7 Å². The number of fused-ring (bicyclic) bond motifs is 1. The van der Waals surface area contributed by atoms with Crippen LogP contribution in [0.5, 0.6) is 0 Å². The zero-order valence-electron chi connectivity index (χ0n) is 11.5. The van der Waals surface area contributed by atoms with E-state index in [1.165, 1.54) is 0 Å². The van der Waals surface area contributed by atoms with E-state index in [2.05, 4.69) is 10.4 Å². The van der Waals surface area contributed by atoms with Crippen molar-refractivity contribution in [2.24, 2.45) is 5.92 Å². The molecule has 0 unspecified atom stereocenters. The zero-order chi connectivity index (χ0) is 14.8. The van der Waals surface area contributed by atoms with Crippen molar-refractivity contribution in [2.75, 3.05) is 0 Å². The van der Waals surface area contributed by atoms with E-state index in [9.17, 15) is 9.59 Å². The van der Waals surface area contributed by atoms with Gasteiger partial charge in [0.1, 0.15) is 0 Å². The first kappa shape index (κ1) is 13.6. The van der Waals surface area contributed by atoms with Crippen molar-refractivity contribution in [3.63, 3.8) is 0 Å². The van der Waals surface area contributed by atoms with Gasteiger partial charge in [0.05, 0.1) is 23.2 Å². The summed E-state index contributed by atoms with van der Waals surface area (Å²) in [6.07, 6.45) is 6.02. The lowest BCUT2D eigenvalue weighted by atomic mass is 9.86. The van der Waals surface area contributed by atoms with Crippen molar-refractivity contribution in [3.8, 4) is 0 Å². The Morgan fingerprint density at radius 1 is 1.24 bits per heavy atom. The Morgan fingerprint density at radius 2 is 2.00 bits per heavy atom. The van der Waals surface area contributed by atoms with E-state index >= 15 is 0 Å². The molecule has 2 aromatic rings. The first-order chi connectivity index (χ1) is 10.1. The Bertz CT molecular complexity index is 672. The van der Waals surface area contributed by atoms with Gasteiger partial charge in [0.25, 0.3) is 5.91 Å². The van der Waals surface area contributed by atoms with Crippen molar-refractivity contribution in [1.82, 2.24) is 14.9 Å². The fourth-order valence-electron chi connectivity index (χ4n) is 2.86. The van der Waals surface area contributed by atoms with Gasteiger partial charge in [-0.3, -0.25) is 9.59 Å². The van der Waals surface area contributed by atoms with Crippen molar-refractivity contribution in [3.05, 3.63) is 36.2 Å². The predicted octanol–water partition coefficient (Wildman–Crippen LogP) is 1.71. The summed E-state index contributed by atoms with van der Waals surface area (Å²) < 4.78 is 1.66. The number of hydrogen-bond acceptors (Lipinski definition) is 3. The highest BCUT2D eigenvalue weighted by molar-refractivity contribution is 6.00. The summed E-state index contributed by atoms with van der Waals surface area (Å²) in [5, 5.41) is 16.1. The van der Waals surface area contributed by atoms with Crippen LogP contribution in [0.1, 0.15) is 36.0 Å². The lowest BCUT2D eigenvalue weighted by Crippen LogP contribution is -2.38. The number of carboxylic acid groups (broad SMARTS) is 1. The zero-order valence-corrected chi connectivity index (χ0v) is 11.5. The second-order valence-corrected chi connectivity index (χ2v) is 5.45. The van der Waals surface area contributed by atoms with Gasteiger partial charge in [-0.25, -0.2) is 4.52 Å². The standard InChI is InChI=1S/C15H17N3O3/c19-14(12-9-16-18-8-2-1-3-13(12)18)17-11-6-4-10(5-7-11)15(20)21/h1-3,8-11H,4-7H2,(H,17,19)(H,20,21). The lowest BCUT2D eigenvalue weighted by molar-refractivity contribution is -0.142. The van der Waals surface area contributed by atoms with Gasteiger partial charge >= 0.3 is 5.97 Å². The number of aliphatic carboxylic acids is 1. The van der Waals surface area contributed by atoms with Crippen molar-refractivity contribution in [1.29, 1.82) is 0 Å². The van der Waals surface area contributed by atoms with Gasteiger partial charge in [0.15, 0.2) is 0 Å². The van der Waals surface area contributed by atoms with Crippen LogP contribution in [-0.2, 0) is 4.79 Å². The van der Waals surface area contributed by atoms with Gasteiger partial charge < -0.3 is 10.4 Å². The molecule has 0 radical (unpaired) electrons. The normalized spacial score (nSPS) is 22.1. The molecule has 0 spiro atoms. The molecule has 0 bridgehead atoms. The first-order valence-corrected chi connectivity index (χ1v) is 7.11. The van der Waals surface area contributed by atoms with Gasteiger partial charge in [-0.15, -0.1) is 0 Å². The molecular weight excluding hydrogens is 270 g/mol. The summed E-state index contributed by atoms with van der Waals surface area (Å²) in [7, 11) is 0. The van der Waals surface area contributed by atoms with Gasteiger partial charge in [-0.1, -0.05) is 6.07 Å². The summed E-state index contributed by atoms with van der Waals surface area (Å²) >= 11 is 0. The number of amides is 1. The van der Waals surface area contributed by atoms with Crippen LogP contribution in [0.2, 0.25) is 0 Å². The Labute approximate surface area is 121 Å². The second kappa shape index (κ2) is 5.55. The summed E-state index contributed by atoms with van der Waals surface area (Å²) in [5.74, 6) is -1.15. The minimum atomic E-state index is -0.734. The fourth-order valence-corrected chi connectivity index (χ4v) is 2.86. The summed E-state index contributed by atoms with van der Waals surface area (Å²) in [6.45, 7) is 0. The molecule has 0 aliphatic heterocycles. The van der Waals surface area contributed by atoms with Crippen LogP contribution in [0.15, 0.2) is 30.6 Å². The molecule has 3 rings (SSSR count). The van der Waals surface area contributed by atoms with Crippen LogP contribution in [0.4, 0.5) is 0 Å². The van der Waals surface area contributed by atoms with E-state index in [1.807, 2.05) is 18.2 Å². The third-order valence-corrected chi connectivity index (χ3v) is 4.08. The van der Waals surface area contributed by atoms with Gasteiger partial charge in [-0.2, -0.15) is 5.10 Å². The number of aromatic nitrogens is 2. The molecule has 6 heteroatoms. The highest BCUT2D eigenvalue weighted by Gasteiger charge is 2.27. The molecule has 2 heterocycles. The average molecular weight is 287 g/mol. The predicted molar refractivity (Wildman–Crippen MR) is 76.0 cm³/mol. The number of carboxylic acids is 1. The van der Waals surface area contributed by atoms with Gasteiger partial charge in [0.2, 0.25) is 0 Å². The van der Waals surface area contributed by atoms with Crippen LogP contribution in [0.3, 0.4) is 0 Å². The number of pyridine rings is 1. The Hall–Kier alpha value is -2.37. The van der Waals surface area contributed by atoms with Crippen molar-refractivity contribution >= 4 is 17.4 Å². The Morgan fingerprint density at radius 3 is 2.71 bits per heavy atom. The number of nitrogens with one attached hydrogen (secondary N) is 1. The second-order valence-electron chi connectivity index (χ2n) is 5.45. The summed E-state index contributed by atoms with van der Waals surface area (Å²) in [5.41, 5.74) is 1.32. The average Bonchev–Trinajstić information content (AvgIpc) is 2.92. The molecule has 2 aromatic heterocycles. The monoisotopic (exact) mass is 287 g/mol. The smallest absolute Gasteiger partial charge is 0.306 e. The van der Waals surface area contributed by atoms with E-state index in [0.717, 1.165) is 5.52 Å². The van der Waals surface area contributed by atoms with E-state index < -0.39 is 5.97 Å². The highest BCUT2D eigenvalue weighted by atomic mass is 16.4. The minimum Gasteiger partial charge on any atom is -0.481 e. The topological polar surface area (TPSA) is 83.7 Å².